The van der Waals surface area contributed by atoms with Crippen LogP contribution in [0.4, 0.5) is 0 Å². The summed E-state index contributed by atoms with van der Waals surface area (Å²) in [5.41, 5.74) is 0.978. The highest BCUT2D eigenvalue weighted by atomic mass is 16.5. The monoisotopic (exact) mass is 277 g/mol. The zero-order valence-corrected chi connectivity index (χ0v) is 10.8. The molecule has 0 bridgehead atoms. The van der Waals surface area contributed by atoms with Crippen LogP contribution in [0.25, 0.3) is 0 Å². The molecule has 1 aromatic carbocycles. The highest BCUT2D eigenvalue weighted by Crippen LogP contribution is 2.29. The van der Waals surface area contributed by atoms with Crippen molar-refractivity contribution in [3.8, 4) is 5.75 Å². The van der Waals surface area contributed by atoms with Gasteiger partial charge in [0.05, 0.1) is 13.2 Å². The highest BCUT2D eigenvalue weighted by Gasteiger charge is 2.39. The van der Waals surface area contributed by atoms with Gasteiger partial charge >= 0.3 is 5.97 Å². The van der Waals surface area contributed by atoms with Gasteiger partial charge in [-0.25, -0.2) is 4.79 Å². The van der Waals surface area contributed by atoms with Crippen molar-refractivity contribution in [2.24, 2.45) is 0 Å². The van der Waals surface area contributed by atoms with Crippen molar-refractivity contribution >= 4 is 11.9 Å². The number of carbonyl (C=O) groups is 2. The number of carboxylic acid groups (broad SMARTS) is 1. The van der Waals surface area contributed by atoms with Crippen LogP contribution in [0.3, 0.4) is 0 Å². The number of aliphatic carboxylic acids is 1. The van der Waals surface area contributed by atoms with E-state index in [-0.39, 0.29) is 19.1 Å². The van der Waals surface area contributed by atoms with Crippen LogP contribution in [-0.2, 0) is 20.7 Å². The van der Waals surface area contributed by atoms with E-state index >= 15 is 0 Å². The van der Waals surface area contributed by atoms with Crippen LogP contribution in [0.2, 0.25) is 0 Å². The molecule has 1 saturated heterocycles. The third-order valence-corrected chi connectivity index (χ3v) is 3.62. The zero-order valence-electron chi connectivity index (χ0n) is 10.8. The van der Waals surface area contributed by atoms with E-state index in [1.807, 2.05) is 24.3 Å². The van der Waals surface area contributed by atoms with Crippen molar-refractivity contribution in [3.63, 3.8) is 0 Å². The Bertz CT molecular complexity index is 519. The second-order valence-corrected chi connectivity index (χ2v) is 4.88. The summed E-state index contributed by atoms with van der Waals surface area (Å²) in [6.07, 6.45) is -0.147. The van der Waals surface area contributed by atoms with Crippen LogP contribution in [0.5, 0.6) is 5.75 Å². The molecule has 0 spiro atoms. The van der Waals surface area contributed by atoms with Crippen LogP contribution in [0, 0.1) is 0 Å². The van der Waals surface area contributed by atoms with Crippen molar-refractivity contribution < 1.29 is 24.2 Å². The van der Waals surface area contributed by atoms with E-state index in [1.165, 1.54) is 4.90 Å². The summed E-state index contributed by atoms with van der Waals surface area (Å²) in [6.45, 7) is 0.669. The van der Waals surface area contributed by atoms with Gasteiger partial charge in [-0.1, -0.05) is 18.2 Å². The maximum absolute atomic E-state index is 12.5. The lowest BCUT2D eigenvalue weighted by atomic mass is 10.1. The Morgan fingerprint density at radius 1 is 1.30 bits per heavy atom. The molecule has 0 aromatic heterocycles. The minimum atomic E-state index is -1.05. The lowest BCUT2D eigenvalue weighted by molar-refractivity contribution is -0.161. The van der Waals surface area contributed by atoms with Gasteiger partial charge in [-0.05, 0) is 11.6 Å². The van der Waals surface area contributed by atoms with E-state index < -0.39 is 18.1 Å². The van der Waals surface area contributed by atoms with Gasteiger partial charge in [-0.2, -0.15) is 0 Å². The first-order chi connectivity index (χ1) is 9.66. The van der Waals surface area contributed by atoms with Gasteiger partial charge < -0.3 is 19.5 Å². The van der Waals surface area contributed by atoms with Crippen LogP contribution in [-0.4, -0.2) is 53.8 Å². The molecule has 1 aromatic rings. The van der Waals surface area contributed by atoms with Crippen LogP contribution < -0.4 is 4.74 Å². The average Bonchev–Trinajstić information content (AvgIpc) is 2.90. The second-order valence-electron chi connectivity index (χ2n) is 4.88. The van der Waals surface area contributed by atoms with Crippen molar-refractivity contribution in [1.82, 2.24) is 4.90 Å². The van der Waals surface area contributed by atoms with E-state index in [0.717, 1.165) is 5.56 Å². The molecule has 6 nitrogen and oxygen atoms in total. The van der Waals surface area contributed by atoms with Gasteiger partial charge in [0.2, 0.25) is 0 Å². The number of para-hydroxylation sites is 1. The van der Waals surface area contributed by atoms with E-state index in [0.29, 0.717) is 18.8 Å². The Balaban J connectivity index is 1.75. The fraction of sp³-hybridized carbons (Fsp3) is 0.429. The maximum Gasteiger partial charge on any atom is 0.328 e. The van der Waals surface area contributed by atoms with Crippen molar-refractivity contribution in [1.29, 1.82) is 0 Å². The predicted octanol–water partition coefficient (Wildman–Crippen LogP) is 0.302. The molecule has 0 radical (unpaired) electrons. The summed E-state index contributed by atoms with van der Waals surface area (Å²) < 4.78 is 10.8. The normalized spacial score (nSPS) is 24.9. The molecule has 1 amide bonds. The minimum absolute atomic E-state index is 0.0285. The largest absolute Gasteiger partial charge is 0.480 e. The smallest absolute Gasteiger partial charge is 0.328 e. The Morgan fingerprint density at radius 2 is 2.10 bits per heavy atom. The summed E-state index contributed by atoms with van der Waals surface area (Å²) in [5, 5.41) is 9.16. The fourth-order valence-corrected chi connectivity index (χ4v) is 2.58. The topological polar surface area (TPSA) is 76.1 Å². The first kappa shape index (κ1) is 12.9. The Hall–Kier alpha value is -2.08. The van der Waals surface area contributed by atoms with Gasteiger partial charge in [0.1, 0.15) is 5.75 Å². The number of morpholine rings is 1. The lowest BCUT2D eigenvalue weighted by Crippen LogP contribution is -2.56. The minimum Gasteiger partial charge on any atom is -0.480 e. The molecule has 0 aliphatic carbocycles. The molecule has 20 heavy (non-hydrogen) atoms. The molecule has 2 heterocycles. The number of benzene rings is 1. The van der Waals surface area contributed by atoms with Crippen molar-refractivity contribution in [3.05, 3.63) is 29.8 Å². The predicted molar refractivity (Wildman–Crippen MR) is 68.5 cm³/mol. The average molecular weight is 277 g/mol. The summed E-state index contributed by atoms with van der Waals surface area (Å²) in [5.74, 6) is -0.628. The molecule has 6 heteroatoms. The van der Waals surface area contributed by atoms with Crippen molar-refractivity contribution in [2.45, 2.75) is 18.6 Å². The van der Waals surface area contributed by atoms with Gasteiger partial charge in [0.25, 0.3) is 5.91 Å². The lowest BCUT2D eigenvalue weighted by Gasteiger charge is -2.34. The molecule has 2 atom stereocenters. The molecule has 3 rings (SSSR count). The Labute approximate surface area is 115 Å². The number of amides is 1. The number of rotatable bonds is 2. The van der Waals surface area contributed by atoms with Crippen molar-refractivity contribution in [2.75, 3.05) is 19.8 Å². The molecular formula is C14H15NO5. The number of carbonyl (C=O) groups excluding carboxylic acids is 1. The van der Waals surface area contributed by atoms with Gasteiger partial charge in [0, 0.05) is 13.0 Å². The quantitative estimate of drug-likeness (QED) is 0.841. The van der Waals surface area contributed by atoms with Gasteiger partial charge in [-0.15, -0.1) is 0 Å². The van der Waals surface area contributed by atoms with Gasteiger partial charge in [-0.3, -0.25) is 4.79 Å². The highest BCUT2D eigenvalue weighted by molar-refractivity contribution is 5.87. The standard InChI is InChI=1S/C14H15NO5/c16-13(15-5-6-19-8-10(15)14(17)18)12-7-9-3-1-2-4-11(9)20-12/h1-4,10,12H,5-8H2,(H,17,18)/t10-,12-/m1/s1. The number of fused-ring (bicyclic) bond motifs is 1. The third-order valence-electron chi connectivity index (χ3n) is 3.62. The first-order valence-electron chi connectivity index (χ1n) is 6.52. The number of hydrogen-bond acceptors (Lipinski definition) is 4. The van der Waals surface area contributed by atoms with E-state index in [1.54, 1.807) is 0 Å². The van der Waals surface area contributed by atoms with Crippen LogP contribution in [0.15, 0.2) is 24.3 Å². The van der Waals surface area contributed by atoms with E-state index in [9.17, 15) is 9.59 Å². The molecule has 2 aliphatic heterocycles. The fourth-order valence-electron chi connectivity index (χ4n) is 2.58. The number of hydrogen-bond donors (Lipinski definition) is 1. The number of nitrogens with zero attached hydrogens (tertiary/aromatic N) is 1. The Morgan fingerprint density at radius 3 is 2.85 bits per heavy atom. The van der Waals surface area contributed by atoms with Crippen LogP contribution >= 0.6 is 0 Å². The van der Waals surface area contributed by atoms with E-state index in [4.69, 9.17) is 14.6 Å². The van der Waals surface area contributed by atoms with Gasteiger partial charge in [0.15, 0.2) is 12.1 Å². The Kier molecular flexibility index (Phi) is 3.31. The first-order valence-corrected chi connectivity index (χ1v) is 6.52. The molecule has 1 fully saturated rings. The summed E-state index contributed by atoms with van der Waals surface area (Å²) in [4.78, 5) is 25.0. The second kappa shape index (κ2) is 5.13. The third kappa shape index (κ3) is 2.22. The zero-order chi connectivity index (χ0) is 14.1. The summed E-state index contributed by atoms with van der Waals surface area (Å²) in [7, 11) is 0. The maximum atomic E-state index is 12.5. The summed E-state index contributed by atoms with van der Waals surface area (Å²) >= 11 is 0. The van der Waals surface area contributed by atoms with Crippen LogP contribution in [0.1, 0.15) is 5.56 Å². The number of ether oxygens (including phenoxy) is 2. The van der Waals surface area contributed by atoms with E-state index in [2.05, 4.69) is 0 Å². The number of carboxylic acids is 1. The molecule has 106 valence electrons. The molecule has 0 saturated carbocycles. The molecule has 0 unspecified atom stereocenters. The molecular weight excluding hydrogens is 262 g/mol. The SMILES string of the molecule is O=C(O)[C@H]1COCCN1C(=O)[C@H]1Cc2ccccc2O1. The molecule has 1 N–H and O–H groups in total. The molecule has 2 aliphatic rings. The summed E-state index contributed by atoms with van der Waals surface area (Å²) in [6, 6.07) is 6.54.